The standard InChI is InChI=1S/C17H17N5O2S/c1-10-3-5-12(6-4-10)19-17-21-13(20-16(18)22-17)9-24-15(23)14-11(2)7-8-25-14/h3-8H,9H2,1-2H3,(H3,18,19,20,21,22). The first-order valence-corrected chi connectivity index (χ1v) is 8.44. The highest BCUT2D eigenvalue weighted by Crippen LogP contribution is 2.18. The van der Waals surface area contributed by atoms with Crippen molar-refractivity contribution < 1.29 is 9.53 Å². The number of aryl methyl sites for hydroxylation is 2. The molecule has 0 saturated heterocycles. The molecule has 128 valence electrons. The summed E-state index contributed by atoms with van der Waals surface area (Å²) in [5, 5.41) is 4.90. The molecule has 0 aliphatic carbocycles. The quantitative estimate of drug-likeness (QED) is 0.677. The summed E-state index contributed by atoms with van der Waals surface area (Å²) in [5.41, 5.74) is 8.58. The predicted octanol–water partition coefficient (Wildman–Crippen LogP) is 3.23. The Morgan fingerprint density at radius 1 is 1.16 bits per heavy atom. The van der Waals surface area contributed by atoms with E-state index in [-0.39, 0.29) is 18.4 Å². The molecule has 25 heavy (non-hydrogen) atoms. The second-order valence-corrected chi connectivity index (χ2v) is 6.35. The Labute approximate surface area is 148 Å². The molecule has 0 bridgehead atoms. The minimum absolute atomic E-state index is 0.0583. The van der Waals surface area contributed by atoms with Crippen molar-refractivity contribution in [1.82, 2.24) is 15.0 Å². The monoisotopic (exact) mass is 355 g/mol. The summed E-state index contributed by atoms with van der Waals surface area (Å²) in [6.07, 6.45) is 0. The molecule has 7 nitrogen and oxygen atoms in total. The number of nitrogens with two attached hydrogens (primary N) is 1. The Hall–Kier alpha value is -3.00. The summed E-state index contributed by atoms with van der Waals surface area (Å²) in [5.74, 6) is 0.238. The molecule has 0 unspecified atom stereocenters. The van der Waals surface area contributed by atoms with E-state index < -0.39 is 5.97 Å². The predicted molar refractivity (Wildman–Crippen MR) is 96.9 cm³/mol. The Bertz CT molecular complexity index is 892. The number of carbonyl (C=O) groups excluding carboxylic acids is 1. The molecule has 0 atom stereocenters. The number of hydrogen-bond donors (Lipinski definition) is 2. The fourth-order valence-corrected chi connectivity index (χ4v) is 2.92. The van der Waals surface area contributed by atoms with E-state index >= 15 is 0 Å². The molecule has 0 amide bonds. The highest BCUT2D eigenvalue weighted by molar-refractivity contribution is 7.12. The van der Waals surface area contributed by atoms with Gasteiger partial charge < -0.3 is 15.8 Å². The first-order valence-electron chi connectivity index (χ1n) is 7.56. The second-order valence-electron chi connectivity index (χ2n) is 5.43. The first kappa shape index (κ1) is 16.8. The summed E-state index contributed by atoms with van der Waals surface area (Å²) in [4.78, 5) is 24.9. The zero-order valence-electron chi connectivity index (χ0n) is 13.8. The van der Waals surface area contributed by atoms with Gasteiger partial charge in [-0.3, -0.25) is 0 Å². The minimum Gasteiger partial charge on any atom is -0.453 e. The van der Waals surface area contributed by atoms with Crippen LogP contribution in [0.4, 0.5) is 17.6 Å². The number of nitrogen functional groups attached to an aromatic ring is 1. The lowest BCUT2D eigenvalue weighted by Gasteiger charge is -2.08. The van der Waals surface area contributed by atoms with E-state index in [1.807, 2.05) is 49.6 Å². The van der Waals surface area contributed by atoms with Crippen LogP contribution in [0.15, 0.2) is 35.7 Å². The van der Waals surface area contributed by atoms with Crippen LogP contribution >= 0.6 is 11.3 Å². The van der Waals surface area contributed by atoms with Gasteiger partial charge in [0, 0.05) is 5.69 Å². The SMILES string of the molecule is Cc1ccc(Nc2nc(N)nc(COC(=O)c3sccc3C)n2)cc1. The van der Waals surface area contributed by atoms with Gasteiger partial charge in [-0.05, 0) is 43.0 Å². The van der Waals surface area contributed by atoms with Gasteiger partial charge in [0.2, 0.25) is 11.9 Å². The summed E-state index contributed by atoms with van der Waals surface area (Å²) < 4.78 is 5.26. The molecule has 1 aromatic carbocycles. The van der Waals surface area contributed by atoms with Crippen molar-refractivity contribution in [3.05, 3.63) is 57.5 Å². The van der Waals surface area contributed by atoms with Crippen LogP contribution in [0.25, 0.3) is 0 Å². The van der Waals surface area contributed by atoms with Crippen molar-refractivity contribution in [2.24, 2.45) is 0 Å². The van der Waals surface area contributed by atoms with Crippen molar-refractivity contribution in [3.63, 3.8) is 0 Å². The fraction of sp³-hybridized carbons (Fsp3) is 0.176. The van der Waals surface area contributed by atoms with Crippen LogP contribution in [0.2, 0.25) is 0 Å². The largest absolute Gasteiger partial charge is 0.453 e. The van der Waals surface area contributed by atoms with Crippen LogP contribution in [-0.2, 0) is 11.3 Å². The van der Waals surface area contributed by atoms with Gasteiger partial charge in [-0.2, -0.15) is 15.0 Å². The van der Waals surface area contributed by atoms with Gasteiger partial charge in [0.1, 0.15) is 4.88 Å². The van der Waals surface area contributed by atoms with E-state index in [2.05, 4.69) is 20.3 Å². The summed E-state index contributed by atoms with van der Waals surface area (Å²) >= 11 is 1.34. The first-order chi connectivity index (χ1) is 12.0. The Morgan fingerprint density at radius 3 is 2.60 bits per heavy atom. The third kappa shape index (κ3) is 4.30. The topological polar surface area (TPSA) is 103 Å². The molecule has 0 fully saturated rings. The van der Waals surface area contributed by atoms with Crippen molar-refractivity contribution >= 4 is 34.9 Å². The number of rotatable bonds is 5. The Kier molecular flexibility index (Phi) is 4.90. The van der Waals surface area contributed by atoms with Crippen molar-refractivity contribution in [3.8, 4) is 0 Å². The third-order valence-corrected chi connectivity index (χ3v) is 4.38. The molecular weight excluding hydrogens is 338 g/mol. The lowest BCUT2D eigenvalue weighted by molar-refractivity contribution is 0.0467. The molecule has 0 radical (unpaired) electrons. The second kappa shape index (κ2) is 7.27. The zero-order valence-corrected chi connectivity index (χ0v) is 14.6. The van der Waals surface area contributed by atoms with Crippen LogP contribution in [-0.4, -0.2) is 20.9 Å². The van der Waals surface area contributed by atoms with Gasteiger partial charge >= 0.3 is 5.97 Å². The summed E-state index contributed by atoms with van der Waals surface area (Å²) in [6.45, 7) is 3.79. The van der Waals surface area contributed by atoms with Crippen LogP contribution in [0.1, 0.15) is 26.6 Å². The Morgan fingerprint density at radius 2 is 1.92 bits per heavy atom. The number of esters is 1. The van der Waals surface area contributed by atoms with Gasteiger partial charge in [0.25, 0.3) is 0 Å². The lowest BCUT2D eigenvalue weighted by atomic mass is 10.2. The number of anilines is 3. The molecule has 3 aromatic rings. The highest BCUT2D eigenvalue weighted by atomic mass is 32.1. The molecule has 8 heteroatoms. The minimum atomic E-state index is -0.403. The van der Waals surface area contributed by atoms with E-state index in [1.165, 1.54) is 11.3 Å². The van der Waals surface area contributed by atoms with Gasteiger partial charge in [0.15, 0.2) is 12.4 Å². The van der Waals surface area contributed by atoms with Crippen molar-refractivity contribution in [2.45, 2.75) is 20.5 Å². The normalized spacial score (nSPS) is 10.5. The van der Waals surface area contributed by atoms with Crippen molar-refractivity contribution in [1.29, 1.82) is 0 Å². The molecule has 0 aliphatic rings. The van der Waals surface area contributed by atoms with E-state index in [1.54, 1.807) is 0 Å². The molecule has 2 heterocycles. The fourth-order valence-electron chi connectivity index (χ4n) is 2.10. The number of aromatic nitrogens is 3. The van der Waals surface area contributed by atoms with E-state index in [0.29, 0.717) is 10.8 Å². The average molecular weight is 355 g/mol. The van der Waals surface area contributed by atoms with Gasteiger partial charge in [0.05, 0.1) is 0 Å². The lowest BCUT2D eigenvalue weighted by Crippen LogP contribution is -2.11. The molecule has 0 aliphatic heterocycles. The summed E-state index contributed by atoms with van der Waals surface area (Å²) in [7, 11) is 0. The molecule has 2 aromatic heterocycles. The van der Waals surface area contributed by atoms with Crippen molar-refractivity contribution in [2.75, 3.05) is 11.1 Å². The highest BCUT2D eigenvalue weighted by Gasteiger charge is 2.13. The number of nitrogens with zero attached hydrogens (tertiary/aromatic N) is 3. The maximum absolute atomic E-state index is 12.1. The Balaban J connectivity index is 1.70. The van der Waals surface area contributed by atoms with Crippen LogP contribution < -0.4 is 11.1 Å². The van der Waals surface area contributed by atoms with E-state index in [9.17, 15) is 4.79 Å². The molecule has 0 saturated carbocycles. The zero-order chi connectivity index (χ0) is 17.8. The maximum Gasteiger partial charge on any atom is 0.349 e. The van der Waals surface area contributed by atoms with Crippen LogP contribution in [0.3, 0.4) is 0 Å². The third-order valence-electron chi connectivity index (χ3n) is 3.39. The van der Waals surface area contributed by atoms with Crippen LogP contribution in [0.5, 0.6) is 0 Å². The smallest absolute Gasteiger partial charge is 0.349 e. The van der Waals surface area contributed by atoms with Gasteiger partial charge in [-0.15, -0.1) is 11.3 Å². The number of hydrogen-bond acceptors (Lipinski definition) is 8. The van der Waals surface area contributed by atoms with Gasteiger partial charge in [-0.25, -0.2) is 4.79 Å². The molecular formula is C17H17N5O2S. The molecule has 0 spiro atoms. The van der Waals surface area contributed by atoms with Crippen LogP contribution in [0, 0.1) is 13.8 Å². The molecule has 3 rings (SSSR count). The number of benzene rings is 1. The number of carbonyl (C=O) groups is 1. The van der Waals surface area contributed by atoms with E-state index in [4.69, 9.17) is 10.5 Å². The average Bonchev–Trinajstić information content (AvgIpc) is 3.00. The maximum atomic E-state index is 12.1. The van der Waals surface area contributed by atoms with Gasteiger partial charge in [-0.1, -0.05) is 17.7 Å². The number of ether oxygens (including phenoxy) is 1. The van der Waals surface area contributed by atoms with E-state index in [0.717, 1.165) is 16.8 Å². The number of nitrogens with one attached hydrogen (secondary N) is 1. The summed E-state index contributed by atoms with van der Waals surface area (Å²) in [6, 6.07) is 9.63. The number of thiophene rings is 1. The molecule has 3 N–H and O–H groups in total.